The van der Waals surface area contributed by atoms with Crippen LogP contribution in [0.4, 0.5) is 0 Å². The molecule has 0 bridgehead atoms. The van der Waals surface area contributed by atoms with Crippen LogP contribution in [-0.4, -0.2) is 49.6 Å². The van der Waals surface area contributed by atoms with Gasteiger partial charge in [-0.25, -0.2) is 4.79 Å². The van der Waals surface area contributed by atoms with Gasteiger partial charge in [-0.15, -0.1) is 0 Å². The number of rotatable bonds is 9. The summed E-state index contributed by atoms with van der Waals surface area (Å²) in [5.74, 6) is 0.0537. The number of benzene rings is 1. The molecule has 0 aliphatic heterocycles. The summed E-state index contributed by atoms with van der Waals surface area (Å²) in [7, 11) is 4.18. The van der Waals surface area contributed by atoms with Crippen LogP contribution in [0.2, 0.25) is 0 Å². The molecular formula is C19H21N3O6. The number of methoxy groups -OCH3 is 3. The van der Waals surface area contributed by atoms with Crippen molar-refractivity contribution in [3.63, 3.8) is 0 Å². The van der Waals surface area contributed by atoms with Crippen molar-refractivity contribution < 1.29 is 28.6 Å². The van der Waals surface area contributed by atoms with Crippen molar-refractivity contribution in [2.24, 2.45) is 5.16 Å². The second-order valence-corrected chi connectivity index (χ2v) is 5.27. The van der Waals surface area contributed by atoms with E-state index in [0.717, 1.165) is 0 Å². The van der Waals surface area contributed by atoms with Crippen LogP contribution in [0.1, 0.15) is 22.8 Å². The standard InChI is InChI=1S/C19H21N3O6/c1-6-10-27-22-12(2)13-8-7-9-14(17(13)18(23)26-5)28-19-20-15(24-3)11-16(21-19)25-4/h6-9,11H,1,10H2,2-5H3/b22-12-. The number of hydrogen-bond donors (Lipinski definition) is 0. The van der Waals surface area contributed by atoms with Crippen molar-refractivity contribution in [3.05, 3.63) is 48.0 Å². The van der Waals surface area contributed by atoms with Crippen molar-refractivity contribution >= 4 is 11.7 Å². The first kappa shape index (κ1) is 20.7. The molecule has 0 fully saturated rings. The Morgan fingerprint density at radius 3 is 2.43 bits per heavy atom. The molecular weight excluding hydrogens is 366 g/mol. The lowest BCUT2D eigenvalue weighted by Gasteiger charge is -2.13. The molecule has 2 aromatic rings. The van der Waals surface area contributed by atoms with Gasteiger partial charge in [0.2, 0.25) is 11.8 Å². The lowest BCUT2D eigenvalue weighted by Crippen LogP contribution is -2.12. The zero-order valence-corrected chi connectivity index (χ0v) is 16.1. The molecule has 0 atom stereocenters. The van der Waals surface area contributed by atoms with E-state index in [4.69, 9.17) is 23.8 Å². The number of carbonyl (C=O) groups is 1. The molecule has 1 heterocycles. The Balaban J connectivity index is 2.50. The van der Waals surface area contributed by atoms with E-state index in [0.29, 0.717) is 11.3 Å². The van der Waals surface area contributed by atoms with E-state index < -0.39 is 5.97 Å². The molecule has 148 valence electrons. The van der Waals surface area contributed by atoms with Gasteiger partial charge in [0.25, 0.3) is 0 Å². The van der Waals surface area contributed by atoms with E-state index >= 15 is 0 Å². The summed E-state index contributed by atoms with van der Waals surface area (Å²) in [6.07, 6.45) is 1.56. The van der Waals surface area contributed by atoms with Crippen LogP contribution in [0.3, 0.4) is 0 Å². The lowest BCUT2D eigenvalue weighted by atomic mass is 10.0. The van der Waals surface area contributed by atoms with Gasteiger partial charge in [-0.1, -0.05) is 29.9 Å². The molecule has 28 heavy (non-hydrogen) atoms. The third kappa shape index (κ3) is 4.97. The van der Waals surface area contributed by atoms with Crippen molar-refractivity contribution in [3.8, 4) is 23.5 Å². The molecule has 0 unspecified atom stereocenters. The van der Waals surface area contributed by atoms with E-state index in [-0.39, 0.29) is 35.7 Å². The number of nitrogens with zero attached hydrogens (tertiary/aromatic N) is 3. The SMILES string of the molecule is C=CCO/N=C(/C)c1cccc(Oc2nc(OC)cc(OC)n2)c1C(=O)OC. The fourth-order valence-corrected chi connectivity index (χ4v) is 2.20. The van der Waals surface area contributed by atoms with Crippen LogP contribution in [0, 0.1) is 0 Å². The lowest BCUT2D eigenvalue weighted by molar-refractivity contribution is 0.0597. The van der Waals surface area contributed by atoms with Gasteiger partial charge in [-0.3, -0.25) is 0 Å². The maximum Gasteiger partial charge on any atom is 0.342 e. The molecule has 0 amide bonds. The number of hydrogen-bond acceptors (Lipinski definition) is 9. The minimum atomic E-state index is -0.612. The summed E-state index contributed by atoms with van der Waals surface area (Å²) in [5.41, 5.74) is 1.08. The largest absolute Gasteiger partial charge is 0.481 e. The molecule has 1 aromatic carbocycles. The molecule has 0 aliphatic rings. The highest BCUT2D eigenvalue weighted by molar-refractivity contribution is 6.09. The van der Waals surface area contributed by atoms with Crippen molar-refractivity contribution in [1.82, 2.24) is 9.97 Å². The predicted molar refractivity (Wildman–Crippen MR) is 101 cm³/mol. The van der Waals surface area contributed by atoms with Crippen LogP contribution < -0.4 is 14.2 Å². The molecule has 0 N–H and O–H groups in total. The number of ether oxygens (including phenoxy) is 4. The summed E-state index contributed by atoms with van der Waals surface area (Å²) >= 11 is 0. The van der Waals surface area contributed by atoms with Gasteiger partial charge in [0.05, 0.1) is 33.1 Å². The normalized spacial score (nSPS) is 10.8. The minimum absolute atomic E-state index is 0.0593. The zero-order chi connectivity index (χ0) is 20.5. The zero-order valence-electron chi connectivity index (χ0n) is 16.1. The maximum absolute atomic E-state index is 12.4. The first-order chi connectivity index (χ1) is 13.5. The van der Waals surface area contributed by atoms with Gasteiger partial charge in [0.1, 0.15) is 17.9 Å². The molecule has 1 aromatic heterocycles. The van der Waals surface area contributed by atoms with Crippen LogP contribution >= 0.6 is 0 Å². The third-order valence-electron chi connectivity index (χ3n) is 3.48. The van der Waals surface area contributed by atoms with Gasteiger partial charge in [0, 0.05) is 5.56 Å². The van der Waals surface area contributed by atoms with Gasteiger partial charge >= 0.3 is 12.0 Å². The summed E-state index contributed by atoms with van der Waals surface area (Å²) in [6, 6.07) is 6.42. The van der Waals surface area contributed by atoms with Gasteiger partial charge in [-0.05, 0) is 13.0 Å². The van der Waals surface area contributed by atoms with Crippen LogP contribution in [0.15, 0.2) is 42.1 Å². The fraction of sp³-hybridized carbons (Fsp3) is 0.263. The van der Waals surface area contributed by atoms with Crippen LogP contribution in [-0.2, 0) is 9.57 Å². The Labute approximate surface area is 162 Å². The number of carbonyl (C=O) groups excluding carboxylic acids is 1. The van der Waals surface area contributed by atoms with Gasteiger partial charge in [0.15, 0.2) is 0 Å². The summed E-state index contributed by atoms with van der Waals surface area (Å²) in [5, 5.41) is 3.98. The molecule has 0 radical (unpaired) electrons. The van der Waals surface area contributed by atoms with E-state index in [2.05, 4.69) is 21.7 Å². The highest BCUT2D eigenvalue weighted by Crippen LogP contribution is 2.29. The smallest absolute Gasteiger partial charge is 0.342 e. The van der Waals surface area contributed by atoms with Crippen molar-refractivity contribution in [2.75, 3.05) is 27.9 Å². The van der Waals surface area contributed by atoms with E-state index in [1.807, 2.05) is 0 Å². The highest BCUT2D eigenvalue weighted by Gasteiger charge is 2.22. The van der Waals surface area contributed by atoms with Gasteiger partial charge < -0.3 is 23.8 Å². The van der Waals surface area contributed by atoms with Crippen molar-refractivity contribution in [2.45, 2.75) is 6.92 Å². The van der Waals surface area contributed by atoms with Gasteiger partial charge in [-0.2, -0.15) is 9.97 Å². The number of oxime groups is 1. The molecule has 0 saturated carbocycles. The average Bonchev–Trinajstić information content (AvgIpc) is 2.72. The molecule has 9 nitrogen and oxygen atoms in total. The molecule has 0 aliphatic carbocycles. The Hall–Kier alpha value is -3.62. The summed E-state index contributed by atoms with van der Waals surface area (Å²) in [4.78, 5) is 25.7. The minimum Gasteiger partial charge on any atom is -0.481 e. The Morgan fingerprint density at radius 2 is 1.86 bits per heavy atom. The van der Waals surface area contributed by atoms with E-state index in [9.17, 15) is 4.79 Å². The van der Waals surface area contributed by atoms with Crippen LogP contribution in [0.25, 0.3) is 0 Å². The summed E-state index contributed by atoms with van der Waals surface area (Å²) < 4.78 is 20.8. The summed E-state index contributed by atoms with van der Waals surface area (Å²) in [6.45, 7) is 5.48. The Morgan fingerprint density at radius 1 is 1.18 bits per heavy atom. The van der Waals surface area contributed by atoms with E-state index in [1.54, 1.807) is 31.2 Å². The number of aromatic nitrogens is 2. The monoisotopic (exact) mass is 387 g/mol. The molecule has 0 spiro atoms. The fourth-order valence-electron chi connectivity index (χ4n) is 2.20. The molecule has 9 heteroatoms. The Bertz CT molecular complexity index is 860. The number of esters is 1. The van der Waals surface area contributed by atoms with Crippen molar-refractivity contribution in [1.29, 1.82) is 0 Å². The first-order valence-corrected chi connectivity index (χ1v) is 8.18. The van der Waals surface area contributed by atoms with E-state index in [1.165, 1.54) is 27.4 Å². The van der Waals surface area contributed by atoms with Crippen LogP contribution in [0.5, 0.6) is 23.5 Å². The second-order valence-electron chi connectivity index (χ2n) is 5.27. The molecule has 2 rings (SSSR count). The highest BCUT2D eigenvalue weighted by atomic mass is 16.6. The third-order valence-corrected chi connectivity index (χ3v) is 3.48. The quantitative estimate of drug-likeness (QED) is 0.213. The Kier molecular flexibility index (Phi) is 7.32. The first-order valence-electron chi connectivity index (χ1n) is 8.18. The second kappa shape index (κ2) is 9.91. The average molecular weight is 387 g/mol. The maximum atomic E-state index is 12.4. The molecule has 0 saturated heterocycles. The topological polar surface area (TPSA) is 101 Å². The predicted octanol–water partition coefficient (Wildman–Crippen LogP) is 3.00.